The van der Waals surface area contributed by atoms with Crippen molar-refractivity contribution in [1.29, 1.82) is 0 Å². The molecule has 4 rings (SSSR count). The molecule has 0 radical (unpaired) electrons. The number of Topliss-reactive ketones (excluding diaryl/α,β-unsaturated/α-hetero) is 1. The largest absolute Gasteiger partial charge is 1.00 e. The number of carbonyl (C=O) groups is 1. The molecule has 0 saturated carbocycles. The van der Waals surface area contributed by atoms with E-state index in [1.54, 1.807) is 0 Å². The molecule has 8 heteroatoms. The Hall–Kier alpha value is -2.52. The Morgan fingerprint density at radius 3 is 2.17 bits per heavy atom. The van der Waals surface area contributed by atoms with Crippen molar-refractivity contribution in [2.24, 2.45) is 0 Å². The molecule has 174 valence electrons. The van der Waals surface area contributed by atoms with Gasteiger partial charge in [0.05, 0.1) is 5.78 Å². The summed E-state index contributed by atoms with van der Waals surface area (Å²) in [7, 11) is -2.75. The molecule has 0 aliphatic heterocycles. The second-order valence-electron chi connectivity index (χ2n) is 7.91. The standard InChI is InChI=1S/C27H25N2O4S.Na/c1-3-29-22-11-8-20(9-12-22)26(19-6-4-18(5-7-19)17-28-2)27-24-14-13-23(34(31,32)33)16-21(24)10-15-25(27)30;/h4-14,16,28-29H,3,17H2,1-2H3,(H,31,32,33);/q-1;+1/p-1/b27-26+;. The zero-order valence-corrected chi connectivity index (χ0v) is 22.7. The van der Waals surface area contributed by atoms with Crippen LogP contribution in [0, 0.1) is 6.08 Å². The maximum Gasteiger partial charge on any atom is 1.00 e. The van der Waals surface area contributed by atoms with Gasteiger partial charge in [-0.25, -0.2) is 8.42 Å². The molecule has 0 saturated heterocycles. The summed E-state index contributed by atoms with van der Waals surface area (Å²) in [6, 6.07) is 19.8. The van der Waals surface area contributed by atoms with Crippen LogP contribution in [0.3, 0.4) is 0 Å². The predicted molar refractivity (Wildman–Crippen MR) is 133 cm³/mol. The fourth-order valence-electron chi connectivity index (χ4n) is 4.04. The van der Waals surface area contributed by atoms with Crippen LogP contribution in [0.1, 0.15) is 34.7 Å². The number of allylic oxidation sites excluding steroid dienone is 2. The van der Waals surface area contributed by atoms with Crippen LogP contribution in [0.4, 0.5) is 5.69 Å². The van der Waals surface area contributed by atoms with Crippen molar-refractivity contribution in [2.45, 2.75) is 18.4 Å². The van der Waals surface area contributed by atoms with E-state index < -0.39 is 10.1 Å². The number of hydrogen-bond acceptors (Lipinski definition) is 6. The summed E-state index contributed by atoms with van der Waals surface area (Å²) in [4.78, 5) is 12.8. The van der Waals surface area contributed by atoms with Gasteiger partial charge >= 0.3 is 29.6 Å². The quantitative estimate of drug-likeness (QED) is 0.221. The first-order valence-electron chi connectivity index (χ1n) is 10.9. The van der Waals surface area contributed by atoms with E-state index in [9.17, 15) is 17.8 Å². The van der Waals surface area contributed by atoms with E-state index >= 15 is 0 Å². The van der Waals surface area contributed by atoms with Gasteiger partial charge < -0.3 is 20.0 Å². The van der Waals surface area contributed by atoms with Gasteiger partial charge in [0.15, 0.2) is 0 Å². The van der Waals surface area contributed by atoms with Crippen molar-refractivity contribution in [3.63, 3.8) is 0 Å². The Morgan fingerprint density at radius 1 is 0.971 bits per heavy atom. The van der Waals surface area contributed by atoms with Crippen LogP contribution < -0.4 is 40.2 Å². The van der Waals surface area contributed by atoms with E-state index in [0.717, 1.165) is 28.9 Å². The van der Waals surface area contributed by atoms with Crippen LogP contribution in [0.15, 0.2) is 71.6 Å². The van der Waals surface area contributed by atoms with Crippen molar-refractivity contribution in [2.75, 3.05) is 18.9 Å². The average Bonchev–Trinajstić information content (AvgIpc) is 2.82. The second kappa shape index (κ2) is 11.5. The van der Waals surface area contributed by atoms with E-state index in [2.05, 4.69) is 16.7 Å². The van der Waals surface area contributed by atoms with Crippen LogP contribution in [-0.4, -0.2) is 32.3 Å². The number of ketones is 1. The SMILES string of the molecule is CCNc1ccc(/C(=C2/C(=O)[C-]=Cc3cc(S(=O)(=O)[O-])ccc32)c2ccc(CNC)cc2)cc1.[Na+]. The summed E-state index contributed by atoms with van der Waals surface area (Å²) in [6.07, 6.45) is 4.14. The molecule has 0 fully saturated rings. The van der Waals surface area contributed by atoms with Crippen LogP contribution in [0.5, 0.6) is 0 Å². The maximum atomic E-state index is 13.2. The number of rotatable bonds is 7. The van der Waals surface area contributed by atoms with Crippen molar-refractivity contribution in [3.8, 4) is 0 Å². The van der Waals surface area contributed by atoms with Gasteiger partial charge in [-0.15, -0.1) is 17.2 Å². The van der Waals surface area contributed by atoms with E-state index in [1.807, 2.05) is 62.5 Å². The molecule has 6 nitrogen and oxygen atoms in total. The summed E-state index contributed by atoms with van der Waals surface area (Å²) in [5.41, 5.74) is 5.88. The Balaban J connectivity index is 0.00000342. The molecule has 0 unspecified atom stereocenters. The van der Waals surface area contributed by atoms with Gasteiger partial charge in [0.2, 0.25) is 0 Å². The molecule has 0 bridgehead atoms. The second-order valence-corrected chi connectivity index (χ2v) is 9.29. The van der Waals surface area contributed by atoms with E-state index in [-0.39, 0.29) is 40.2 Å². The minimum absolute atomic E-state index is 0. The summed E-state index contributed by atoms with van der Waals surface area (Å²) in [5.74, 6) is -0.310. The molecule has 0 aromatic heterocycles. The molecule has 3 aromatic carbocycles. The van der Waals surface area contributed by atoms with Gasteiger partial charge in [-0.2, -0.15) is 6.08 Å². The van der Waals surface area contributed by atoms with Gasteiger partial charge in [-0.3, -0.25) is 0 Å². The van der Waals surface area contributed by atoms with Gasteiger partial charge in [0.1, 0.15) is 10.1 Å². The van der Waals surface area contributed by atoms with Gasteiger partial charge in [0.25, 0.3) is 0 Å². The normalized spacial score (nSPS) is 14.2. The van der Waals surface area contributed by atoms with Crippen LogP contribution in [0.2, 0.25) is 0 Å². The van der Waals surface area contributed by atoms with Crippen LogP contribution >= 0.6 is 0 Å². The van der Waals surface area contributed by atoms with E-state index in [0.29, 0.717) is 28.8 Å². The Labute approximate surface area is 228 Å². The summed E-state index contributed by atoms with van der Waals surface area (Å²) in [6.45, 7) is 3.52. The third kappa shape index (κ3) is 6.01. The fourth-order valence-corrected chi connectivity index (χ4v) is 4.54. The molecular formula is C27H24N2NaO4S-. The molecule has 2 N–H and O–H groups in total. The smallest absolute Gasteiger partial charge is 0.744 e. The third-order valence-electron chi connectivity index (χ3n) is 5.59. The average molecular weight is 496 g/mol. The number of fused-ring (bicyclic) bond motifs is 1. The molecule has 1 aliphatic rings. The summed E-state index contributed by atoms with van der Waals surface area (Å²) >= 11 is 0. The monoisotopic (exact) mass is 495 g/mol. The van der Waals surface area contributed by atoms with Crippen LogP contribution in [0.25, 0.3) is 17.2 Å². The fraction of sp³-hybridized carbons (Fsp3) is 0.148. The van der Waals surface area contributed by atoms with Crippen molar-refractivity contribution in [3.05, 3.63) is 101 Å². The Bertz CT molecular complexity index is 1340. The third-order valence-corrected chi connectivity index (χ3v) is 6.43. The first-order valence-corrected chi connectivity index (χ1v) is 12.3. The molecular weight excluding hydrogens is 471 g/mol. The minimum atomic E-state index is -4.62. The molecule has 3 aromatic rings. The topological polar surface area (TPSA) is 98.3 Å². The van der Waals surface area contributed by atoms with Crippen molar-refractivity contribution < 1.29 is 47.3 Å². The number of nitrogens with one attached hydrogen (secondary N) is 2. The molecule has 0 atom stereocenters. The van der Waals surface area contributed by atoms with Gasteiger partial charge in [0, 0.05) is 23.7 Å². The number of hydrogen-bond donors (Lipinski definition) is 2. The summed E-state index contributed by atoms with van der Waals surface area (Å²) < 4.78 is 34.6. The maximum absolute atomic E-state index is 13.2. The number of anilines is 1. The first-order chi connectivity index (χ1) is 16.3. The zero-order valence-electron chi connectivity index (χ0n) is 19.9. The molecule has 0 heterocycles. The molecule has 35 heavy (non-hydrogen) atoms. The first kappa shape index (κ1) is 27.1. The zero-order chi connectivity index (χ0) is 24.3. The predicted octanol–water partition coefficient (Wildman–Crippen LogP) is 1.10. The molecule has 1 aliphatic carbocycles. The Kier molecular flexibility index (Phi) is 8.88. The van der Waals surface area contributed by atoms with Crippen molar-refractivity contribution >= 4 is 38.8 Å². The molecule has 0 spiro atoms. The van der Waals surface area contributed by atoms with E-state index in [1.165, 1.54) is 24.3 Å². The number of carbonyl (C=O) groups excluding carboxylic acids is 1. The molecule has 0 amide bonds. The minimum Gasteiger partial charge on any atom is -0.744 e. The van der Waals surface area contributed by atoms with Crippen LogP contribution in [-0.2, 0) is 21.5 Å². The van der Waals surface area contributed by atoms with Gasteiger partial charge in [-0.1, -0.05) is 59.7 Å². The number of benzene rings is 3. The van der Waals surface area contributed by atoms with E-state index in [4.69, 9.17) is 0 Å². The van der Waals surface area contributed by atoms with Crippen molar-refractivity contribution in [1.82, 2.24) is 5.32 Å². The Morgan fingerprint density at radius 2 is 1.60 bits per heavy atom. The van der Waals surface area contributed by atoms with Gasteiger partial charge in [-0.05, 0) is 48.9 Å². The summed E-state index contributed by atoms with van der Waals surface area (Å²) in [5, 5.41) is 6.39.